The lowest BCUT2D eigenvalue weighted by Crippen LogP contribution is -2.46. The fourth-order valence-electron chi connectivity index (χ4n) is 3.21. The average Bonchev–Trinajstić information content (AvgIpc) is 2.97. The van der Waals surface area contributed by atoms with E-state index in [-0.39, 0.29) is 23.5 Å². The SMILES string of the molecule is CC(C)C[C@H](C(=O)OCC(=O)Nc1ccc(Cl)cc1)N1C(=O)c2ccccc2C1=O. The van der Waals surface area contributed by atoms with Gasteiger partial charge in [0, 0.05) is 10.7 Å². The van der Waals surface area contributed by atoms with Crippen molar-refractivity contribution in [2.24, 2.45) is 5.92 Å². The van der Waals surface area contributed by atoms with Crippen molar-refractivity contribution in [1.82, 2.24) is 4.90 Å². The van der Waals surface area contributed by atoms with Crippen molar-refractivity contribution in [1.29, 1.82) is 0 Å². The number of ether oxygens (including phenoxy) is 1. The number of imide groups is 1. The van der Waals surface area contributed by atoms with E-state index in [1.165, 1.54) is 0 Å². The van der Waals surface area contributed by atoms with Crippen molar-refractivity contribution in [3.63, 3.8) is 0 Å². The number of esters is 1. The zero-order valence-corrected chi connectivity index (χ0v) is 17.3. The molecule has 1 atom stereocenters. The predicted molar refractivity (Wildman–Crippen MR) is 111 cm³/mol. The smallest absolute Gasteiger partial charge is 0.329 e. The number of amides is 3. The first-order valence-corrected chi connectivity index (χ1v) is 9.84. The maximum Gasteiger partial charge on any atom is 0.329 e. The van der Waals surface area contributed by atoms with E-state index < -0.39 is 36.3 Å². The molecule has 0 aromatic heterocycles. The van der Waals surface area contributed by atoms with Gasteiger partial charge in [-0.05, 0) is 48.7 Å². The predicted octanol–water partition coefficient (Wildman–Crippen LogP) is 3.53. The molecule has 7 nitrogen and oxygen atoms in total. The molecule has 3 rings (SSSR count). The molecule has 8 heteroatoms. The number of halogens is 1. The van der Waals surface area contributed by atoms with Crippen LogP contribution in [0.5, 0.6) is 0 Å². The minimum absolute atomic E-state index is 0.00903. The van der Waals surface area contributed by atoms with E-state index in [4.69, 9.17) is 16.3 Å². The number of fused-ring (bicyclic) bond motifs is 1. The van der Waals surface area contributed by atoms with Gasteiger partial charge in [0.2, 0.25) is 0 Å². The molecule has 0 radical (unpaired) electrons. The van der Waals surface area contributed by atoms with Crippen LogP contribution >= 0.6 is 11.6 Å². The standard InChI is InChI=1S/C22H21ClN2O5/c1-13(2)11-18(25-20(27)16-5-3-4-6-17(16)21(25)28)22(29)30-12-19(26)24-15-9-7-14(23)8-10-15/h3-10,13,18H,11-12H2,1-2H3,(H,24,26)/t18-/m1/s1. The van der Waals surface area contributed by atoms with E-state index in [1.807, 2.05) is 13.8 Å². The summed E-state index contributed by atoms with van der Waals surface area (Å²) in [7, 11) is 0. The third kappa shape index (κ3) is 4.68. The summed E-state index contributed by atoms with van der Waals surface area (Å²) in [6, 6.07) is 11.8. The number of hydrogen-bond acceptors (Lipinski definition) is 5. The first-order valence-electron chi connectivity index (χ1n) is 9.47. The molecule has 0 spiro atoms. The molecule has 156 valence electrons. The molecule has 0 saturated heterocycles. The van der Waals surface area contributed by atoms with Gasteiger partial charge >= 0.3 is 5.97 Å². The Balaban J connectivity index is 1.69. The van der Waals surface area contributed by atoms with Gasteiger partial charge in [-0.3, -0.25) is 19.3 Å². The Hall–Kier alpha value is -3.19. The highest BCUT2D eigenvalue weighted by atomic mass is 35.5. The molecular formula is C22H21ClN2O5. The van der Waals surface area contributed by atoms with Crippen molar-refractivity contribution in [3.8, 4) is 0 Å². The Bertz CT molecular complexity index is 952. The van der Waals surface area contributed by atoms with E-state index >= 15 is 0 Å². The van der Waals surface area contributed by atoms with E-state index in [1.54, 1.807) is 48.5 Å². The maximum absolute atomic E-state index is 12.7. The Morgan fingerprint density at radius 1 is 1.00 bits per heavy atom. The molecule has 1 aliphatic rings. The molecule has 0 saturated carbocycles. The van der Waals surface area contributed by atoms with Crippen LogP contribution in [-0.2, 0) is 14.3 Å². The molecule has 0 unspecified atom stereocenters. The number of benzene rings is 2. The zero-order chi connectivity index (χ0) is 21.8. The van der Waals surface area contributed by atoms with Crippen LogP contribution in [0, 0.1) is 5.92 Å². The van der Waals surface area contributed by atoms with Gasteiger partial charge < -0.3 is 10.1 Å². The number of rotatable bonds is 7. The van der Waals surface area contributed by atoms with E-state index in [2.05, 4.69) is 5.32 Å². The molecule has 3 amide bonds. The van der Waals surface area contributed by atoms with Crippen molar-refractivity contribution in [2.75, 3.05) is 11.9 Å². The van der Waals surface area contributed by atoms with Crippen molar-refractivity contribution < 1.29 is 23.9 Å². The molecule has 0 fully saturated rings. The van der Waals surface area contributed by atoms with Gasteiger partial charge in [-0.25, -0.2) is 4.79 Å². The monoisotopic (exact) mass is 428 g/mol. The van der Waals surface area contributed by atoms with E-state index in [0.29, 0.717) is 10.7 Å². The number of hydrogen-bond donors (Lipinski definition) is 1. The lowest BCUT2D eigenvalue weighted by molar-refractivity contribution is -0.151. The van der Waals surface area contributed by atoms with Gasteiger partial charge in [0.25, 0.3) is 17.7 Å². The maximum atomic E-state index is 12.7. The normalized spacial score (nSPS) is 13.9. The van der Waals surface area contributed by atoms with Crippen LogP contribution < -0.4 is 5.32 Å². The topological polar surface area (TPSA) is 92.8 Å². The van der Waals surface area contributed by atoms with Crippen LogP contribution in [0.3, 0.4) is 0 Å². The second-order valence-electron chi connectivity index (χ2n) is 7.33. The summed E-state index contributed by atoms with van der Waals surface area (Å²) < 4.78 is 5.15. The molecule has 1 aliphatic heterocycles. The molecule has 0 aliphatic carbocycles. The Kier molecular flexibility index (Phi) is 6.52. The Labute approximate surface area is 179 Å². The van der Waals surface area contributed by atoms with Crippen LogP contribution in [-0.4, -0.2) is 41.2 Å². The largest absolute Gasteiger partial charge is 0.454 e. The molecule has 0 bridgehead atoms. The van der Waals surface area contributed by atoms with Crippen molar-refractivity contribution >= 4 is 41.0 Å². The summed E-state index contributed by atoms with van der Waals surface area (Å²) in [4.78, 5) is 51.3. The quantitative estimate of drug-likeness (QED) is 0.538. The summed E-state index contributed by atoms with van der Waals surface area (Å²) in [5.41, 5.74) is 1.01. The third-order valence-electron chi connectivity index (χ3n) is 4.58. The van der Waals surface area contributed by atoms with Crippen molar-refractivity contribution in [3.05, 3.63) is 64.7 Å². The van der Waals surface area contributed by atoms with Crippen LogP contribution in [0.25, 0.3) is 0 Å². The molecule has 1 N–H and O–H groups in total. The van der Waals surface area contributed by atoms with Crippen LogP contribution in [0.15, 0.2) is 48.5 Å². The van der Waals surface area contributed by atoms with Gasteiger partial charge in [-0.1, -0.05) is 37.6 Å². The summed E-state index contributed by atoms with van der Waals surface area (Å²) in [6.45, 7) is 3.19. The van der Waals surface area contributed by atoms with Crippen LogP contribution in [0.4, 0.5) is 5.69 Å². The summed E-state index contributed by atoms with van der Waals surface area (Å²) >= 11 is 5.80. The first kappa shape index (κ1) is 21.5. The first-order chi connectivity index (χ1) is 14.3. The van der Waals surface area contributed by atoms with Crippen LogP contribution in [0.2, 0.25) is 5.02 Å². The van der Waals surface area contributed by atoms with E-state index in [9.17, 15) is 19.2 Å². The summed E-state index contributed by atoms with van der Waals surface area (Å²) in [6.07, 6.45) is 0.225. The molecule has 30 heavy (non-hydrogen) atoms. The number of nitrogens with one attached hydrogen (secondary N) is 1. The molecular weight excluding hydrogens is 408 g/mol. The number of anilines is 1. The molecule has 2 aromatic rings. The second-order valence-corrected chi connectivity index (χ2v) is 7.77. The highest BCUT2D eigenvalue weighted by molar-refractivity contribution is 6.30. The minimum Gasteiger partial charge on any atom is -0.454 e. The van der Waals surface area contributed by atoms with Gasteiger partial charge in [-0.15, -0.1) is 0 Å². The average molecular weight is 429 g/mol. The number of carbonyl (C=O) groups is 4. The second kappa shape index (κ2) is 9.09. The Morgan fingerprint density at radius 3 is 2.10 bits per heavy atom. The van der Waals surface area contributed by atoms with Crippen molar-refractivity contribution in [2.45, 2.75) is 26.3 Å². The minimum atomic E-state index is -1.11. The lowest BCUT2D eigenvalue weighted by atomic mass is 10.0. The fraction of sp³-hybridized carbons (Fsp3) is 0.273. The third-order valence-corrected chi connectivity index (χ3v) is 4.83. The highest BCUT2D eigenvalue weighted by Crippen LogP contribution is 2.27. The fourth-order valence-corrected chi connectivity index (χ4v) is 3.33. The summed E-state index contributed by atoms with van der Waals surface area (Å²) in [5, 5.41) is 3.11. The van der Waals surface area contributed by atoms with E-state index in [0.717, 1.165) is 4.90 Å². The molecule has 2 aromatic carbocycles. The molecule has 1 heterocycles. The zero-order valence-electron chi connectivity index (χ0n) is 16.6. The highest BCUT2D eigenvalue weighted by Gasteiger charge is 2.43. The number of nitrogens with zero attached hydrogens (tertiary/aromatic N) is 1. The summed E-state index contributed by atoms with van der Waals surface area (Å²) in [5.74, 6) is -2.41. The van der Waals surface area contributed by atoms with Crippen LogP contribution in [0.1, 0.15) is 41.0 Å². The Morgan fingerprint density at radius 2 is 1.57 bits per heavy atom. The van der Waals surface area contributed by atoms with Gasteiger partial charge in [0.15, 0.2) is 6.61 Å². The van der Waals surface area contributed by atoms with Gasteiger partial charge in [0.1, 0.15) is 6.04 Å². The lowest BCUT2D eigenvalue weighted by Gasteiger charge is -2.25. The van der Waals surface area contributed by atoms with Gasteiger partial charge in [0.05, 0.1) is 11.1 Å². The van der Waals surface area contributed by atoms with Gasteiger partial charge in [-0.2, -0.15) is 0 Å². The number of carbonyl (C=O) groups excluding carboxylic acids is 4.